The van der Waals surface area contributed by atoms with E-state index in [0.717, 1.165) is 23.0 Å². The highest BCUT2D eigenvalue weighted by Gasteiger charge is 2.42. The number of hydrogen-bond acceptors (Lipinski definition) is 3. The quantitative estimate of drug-likeness (QED) is 0.881. The Hall–Kier alpha value is -1.54. The number of nitrogens with zero attached hydrogens (tertiary/aromatic N) is 1. The summed E-state index contributed by atoms with van der Waals surface area (Å²) in [5, 5.41) is 21.7. The van der Waals surface area contributed by atoms with Crippen LogP contribution in [0, 0.1) is 17.2 Å². The van der Waals surface area contributed by atoms with Crippen molar-refractivity contribution in [3.05, 3.63) is 28.2 Å². The topological polar surface area (TPSA) is 73.1 Å². The lowest BCUT2D eigenvalue weighted by atomic mass is 9.76. The fourth-order valence-electron chi connectivity index (χ4n) is 2.86. The Morgan fingerprint density at radius 3 is 2.90 bits per heavy atom. The summed E-state index contributed by atoms with van der Waals surface area (Å²) in [6, 6.07) is 7.21. The van der Waals surface area contributed by atoms with Crippen LogP contribution in [0.1, 0.15) is 38.2 Å². The first-order valence-corrected chi connectivity index (χ1v) is 7.47. The molecule has 0 aromatic heterocycles. The molecule has 1 aliphatic rings. The summed E-state index contributed by atoms with van der Waals surface area (Å²) in [5.41, 5.74) is 0.359. The van der Waals surface area contributed by atoms with Crippen LogP contribution in [0.3, 0.4) is 0 Å². The van der Waals surface area contributed by atoms with Crippen LogP contribution < -0.4 is 5.32 Å². The van der Waals surface area contributed by atoms with Gasteiger partial charge in [0.15, 0.2) is 0 Å². The van der Waals surface area contributed by atoms with Gasteiger partial charge in [-0.1, -0.05) is 19.8 Å². The summed E-state index contributed by atoms with van der Waals surface area (Å²) in [5.74, 6) is -0.412. The molecule has 0 radical (unpaired) electrons. The first-order valence-electron chi connectivity index (χ1n) is 6.68. The van der Waals surface area contributed by atoms with Crippen LogP contribution in [-0.4, -0.2) is 16.6 Å². The summed E-state index contributed by atoms with van der Waals surface area (Å²) < 4.78 is 0.718. The van der Waals surface area contributed by atoms with E-state index in [1.54, 1.807) is 18.2 Å². The number of aliphatic carboxylic acids is 1. The van der Waals surface area contributed by atoms with Gasteiger partial charge in [-0.2, -0.15) is 5.26 Å². The number of benzene rings is 1. The molecule has 0 amide bonds. The van der Waals surface area contributed by atoms with Crippen LogP contribution in [0.2, 0.25) is 0 Å². The molecule has 5 heteroatoms. The Morgan fingerprint density at radius 2 is 2.35 bits per heavy atom. The first kappa shape index (κ1) is 14.9. The lowest BCUT2D eigenvalue weighted by Gasteiger charge is -2.38. The van der Waals surface area contributed by atoms with E-state index in [-0.39, 0.29) is 0 Å². The number of carbonyl (C=O) groups is 1. The minimum absolute atomic E-state index is 0.393. The van der Waals surface area contributed by atoms with Crippen molar-refractivity contribution in [3.8, 4) is 6.07 Å². The minimum Gasteiger partial charge on any atom is -0.480 e. The van der Waals surface area contributed by atoms with Crippen molar-refractivity contribution < 1.29 is 9.90 Å². The van der Waals surface area contributed by atoms with Crippen molar-refractivity contribution in [1.82, 2.24) is 0 Å². The molecular formula is C15H17BrN2O2. The van der Waals surface area contributed by atoms with Crippen molar-refractivity contribution in [2.75, 3.05) is 5.32 Å². The number of rotatable bonds is 3. The van der Waals surface area contributed by atoms with Crippen LogP contribution in [0.25, 0.3) is 0 Å². The monoisotopic (exact) mass is 336 g/mol. The first-order chi connectivity index (χ1) is 9.47. The van der Waals surface area contributed by atoms with Gasteiger partial charge in [0.1, 0.15) is 5.54 Å². The summed E-state index contributed by atoms with van der Waals surface area (Å²) in [4.78, 5) is 11.7. The van der Waals surface area contributed by atoms with Crippen molar-refractivity contribution >= 4 is 27.6 Å². The zero-order valence-corrected chi connectivity index (χ0v) is 12.9. The van der Waals surface area contributed by atoms with E-state index in [1.165, 1.54) is 0 Å². The fourth-order valence-corrected chi connectivity index (χ4v) is 3.33. The van der Waals surface area contributed by atoms with Crippen molar-refractivity contribution in [1.29, 1.82) is 5.26 Å². The second-order valence-electron chi connectivity index (χ2n) is 5.52. The molecule has 4 nitrogen and oxygen atoms in total. The predicted molar refractivity (Wildman–Crippen MR) is 80.5 cm³/mol. The lowest BCUT2D eigenvalue weighted by molar-refractivity contribution is -0.144. The molecule has 0 spiro atoms. The van der Waals surface area contributed by atoms with Gasteiger partial charge >= 0.3 is 5.97 Å². The Kier molecular flexibility index (Phi) is 4.34. The number of halogens is 1. The van der Waals surface area contributed by atoms with Crippen LogP contribution >= 0.6 is 15.9 Å². The number of hydrogen-bond donors (Lipinski definition) is 2. The molecule has 2 rings (SSSR count). The van der Waals surface area contributed by atoms with E-state index in [4.69, 9.17) is 5.26 Å². The second-order valence-corrected chi connectivity index (χ2v) is 6.37. The molecule has 2 atom stereocenters. The molecule has 0 heterocycles. The molecule has 2 unspecified atom stereocenters. The summed E-state index contributed by atoms with van der Waals surface area (Å²) >= 11 is 3.40. The summed E-state index contributed by atoms with van der Waals surface area (Å²) in [6.07, 6.45) is 3.23. The normalized spacial score (nSPS) is 25.8. The zero-order chi connectivity index (χ0) is 14.8. The number of nitriles is 1. The molecule has 1 aromatic rings. The molecule has 0 saturated heterocycles. The van der Waals surface area contributed by atoms with Gasteiger partial charge in [-0.05, 0) is 52.9 Å². The van der Waals surface area contributed by atoms with E-state index in [0.29, 0.717) is 24.3 Å². The van der Waals surface area contributed by atoms with Gasteiger partial charge in [-0.3, -0.25) is 0 Å². The highest BCUT2D eigenvalue weighted by molar-refractivity contribution is 9.10. The molecule has 20 heavy (non-hydrogen) atoms. The number of nitrogens with one attached hydrogen (secondary N) is 1. The lowest BCUT2D eigenvalue weighted by Crippen LogP contribution is -2.49. The van der Waals surface area contributed by atoms with Gasteiger partial charge in [0.2, 0.25) is 0 Å². The van der Waals surface area contributed by atoms with Crippen LogP contribution in [-0.2, 0) is 4.79 Å². The predicted octanol–water partition coefficient (Wildman–Crippen LogP) is 3.77. The van der Waals surface area contributed by atoms with E-state index < -0.39 is 11.5 Å². The van der Waals surface area contributed by atoms with Gasteiger partial charge in [-0.15, -0.1) is 0 Å². The molecule has 1 aliphatic carbocycles. The van der Waals surface area contributed by atoms with Crippen LogP contribution in [0.15, 0.2) is 22.7 Å². The Bertz CT molecular complexity index is 567. The molecule has 2 N–H and O–H groups in total. The standard InChI is InChI=1S/C15H17BrN2O2/c1-10-3-2-6-15(8-10,14(19)20)18-13-5-4-11(9-17)7-12(13)16/h4-5,7,10,18H,2-3,6,8H2,1H3,(H,19,20). The third-order valence-electron chi connectivity index (χ3n) is 3.88. The molecule has 0 bridgehead atoms. The second kappa shape index (κ2) is 5.84. The molecule has 1 aromatic carbocycles. The van der Waals surface area contributed by atoms with Gasteiger partial charge in [0, 0.05) is 10.2 Å². The van der Waals surface area contributed by atoms with Crippen molar-refractivity contribution in [3.63, 3.8) is 0 Å². The summed E-state index contributed by atoms with van der Waals surface area (Å²) in [7, 11) is 0. The maximum atomic E-state index is 11.7. The Morgan fingerprint density at radius 1 is 1.60 bits per heavy atom. The fraction of sp³-hybridized carbons (Fsp3) is 0.467. The molecule has 1 fully saturated rings. The number of anilines is 1. The largest absolute Gasteiger partial charge is 0.480 e. The Balaban J connectivity index is 2.29. The third-order valence-corrected chi connectivity index (χ3v) is 4.54. The average molecular weight is 337 g/mol. The Labute approximate surface area is 126 Å². The third kappa shape index (κ3) is 2.96. The van der Waals surface area contributed by atoms with Crippen molar-refractivity contribution in [2.24, 2.45) is 5.92 Å². The highest BCUT2D eigenvalue weighted by Crippen LogP contribution is 2.37. The van der Waals surface area contributed by atoms with Gasteiger partial charge in [-0.25, -0.2) is 4.79 Å². The SMILES string of the molecule is CC1CCCC(Nc2ccc(C#N)cc2Br)(C(=O)O)C1. The molecule has 0 aliphatic heterocycles. The van der Waals surface area contributed by atoms with E-state index in [9.17, 15) is 9.90 Å². The molecule has 106 valence electrons. The highest BCUT2D eigenvalue weighted by atomic mass is 79.9. The smallest absolute Gasteiger partial charge is 0.329 e. The van der Waals surface area contributed by atoms with E-state index in [1.807, 2.05) is 0 Å². The van der Waals surface area contributed by atoms with E-state index in [2.05, 4.69) is 34.2 Å². The zero-order valence-electron chi connectivity index (χ0n) is 11.3. The van der Waals surface area contributed by atoms with Gasteiger partial charge in [0.25, 0.3) is 0 Å². The van der Waals surface area contributed by atoms with Gasteiger partial charge in [0.05, 0.1) is 11.6 Å². The summed E-state index contributed by atoms with van der Waals surface area (Å²) in [6.45, 7) is 2.09. The number of carboxylic acids is 1. The minimum atomic E-state index is -0.908. The maximum absolute atomic E-state index is 11.7. The molecular weight excluding hydrogens is 320 g/mol. The maximum Gasteiger partial charge on any atom is 0.329 e. The average Bonchev–Trinajstić information content (AvgIpc) is 2.41. The van der Waals surface area contributed by atoms with Gasteiger partial charge < -0.3 is 10.4 Å². The van der Waals surface area contributed by atoms with E-state index >= 15 is 0 Å². The molecule has 1 saturated carbocycles. The number of carboxylic acid groups (broad SMARTS) is 1. The van der Waals surface area contributed by atoms with Crippen LogP contribution in [0.5, 0.6) is 0 Å². The van der Waals surface area contributed by atoms with Crippen LogP contribution in [0.4, 0.5) is 5.69 Å². The van der Waals surface area contributed by atoms with Crippen molar-refractivity contribution in [2.45, 2.75) is 38.1 Å².